The maximum Gasteiger partial charge on any atom is 0.389 e. The van der Waals surface area contributed by atoms with Crippen LogP contribution in [-0.4, -0.2) is 49.6 Å². The molecule has 0 radical (unpaired) electrons. The van der Waals surface area contributed by atoms with Crippen LogP contribution in [0.4, 0.5) is 22.0 Å². The molecule has 0 aliphatic heterocycles. The molecule has 9 nitrogen and oxygen atoms in total. The van der Waals surface area contributed by atoms with Crippen LogP contribution in [0, 0.1) is 11.8 Å². The Morgan fingerprint density at radius 2 is 1.75 bits per heavy atom. The number of imidazole rings is 1. The number of amides is 2. The first kappa shape index (κ1) is 31.6. The highest BCUT2D eigenvalue weighted by atomic mass is 19.4. The topological polar surface area (TPSA) is 111 Å². The molecular formula is C30H35F5N6O3. The molecule has 14 heteroatoms. The van der Waals surface area contributed by atoms with E-state index < -0.39 is 48.8 Å². The van der Waals surface area contributed by atoms with Crippen LogP contribution in [-0.2, 0) is 4.79 Å². The van der Waals surface area contributed by atoms with Gasteiger partial charge >= 0.3 is 6.18 Å². The minimum absolute atomic E-state index is 0.0717. The van der Waals surface area contributed by atoms with Crippen molar-refractivity contribution in [1.82, 2.24) is 30.2 Å². The number of ether oxygens (including phenoxy) is 1. The summed E-state index contributed by atoms with van der Waals surface area (Å²) >= 11 is 0. The minimum atomic E-state index is -4.43. The molecular weight excluding hydrogens is 587 g/mol. The summed E-state index contributed by atoms with van der Waals surface area (Å²) in [4.78, 5) is 34.6. The van der Waals surface area contributed by atoms with Crippen molar-refractivity contribution in [3.8, 4) is 5.88 Å². The molecule has 3 heterocycles. The van der Waals surface area contributed by atoms with E-state index in [1.165, 1.54) is 16.8 Å². The van der Waals surface area contributed by atoms with Gasteiger partial charge in [-0.1, -0.05) is 6.07 Å². The molecule has 3 aromatic rings. The van der Waals surface area contributed by atoms with Crippen LogP contribution in [0.2, 0.25) is 0 Å². The molecule has 0 saturated heterocycles. The molecule has 2 fully saturated rings. The van der Waals surface area contributed by atoms with E-state index in [4.69, 9.17) is 9.72 Å². The number of hydrogen-bond acceptors (Lipinski definition) is 6. The maximum atomic E-state index is 14.0. The van der Waals surface area contributed by atoms with Crippen molar-refractivity contribution >= 4 is 17.5 Å². The summed E-state index contributed by atoms with van der Waals surface area (Å²) in [6, 6.07) is 5.28. The van der Waals surface area contributed by atoms with E-state index in [1.807, 2.05) is 13.8 Å². The summed E-state index contributed by atoms with van der Waals surface area (Å²) in [7, 11) is 0. The molecule has 44 heavy (non-hydrogen) atoms. The van der Waals surface area contributed by atoms with Crippen LogP contribution in [0.5, 0.6) is 5.88 Å². The van der Waals surface area contributed by atoms with Gasteiger partial charge in [0, 0.05) is 25.3 Å². The molecule has 238 valence electrons. The number of hydrogen-bond donors (Lipinski definition) is 2. The van der Waals surface area contributed by atoms with E-state index in [0.29, 0.717) is 16.9 Å². The monoisotopic (exact) mass is 622 g/mol. The van der Waals surface area contributed by atoms with E-state index in [1.54, 1.807) is 24.4 Å². The van der Waals surface area contributed by atoms with Crippen molar-refractivity contribution in [2.24, 2.45) is 11.8 Å². The van der Waals surface area contributed by atoms with Gasteiger partial charge in [0.2, 0.25) is 17.7 Å². The lowest BCUT2D eigenvalue weighted by Gasteiger charge is -2.33. The summed E-state index contributed by atoms with van der Waals surface area (Å²) < 4.78 is 73.1. The molecule has 2 amide bonds. The predicted molar refractivity (Wildman–Crippen MR) is 149 cm³/mol. The average Bonchev–Trinajstić information content (AvgIpc) is 3.71. The summed E-state index contributed by atoms with van der Waals surface area (Å²) in [6.07, 6.45) is -1.97. The summed E-state index contributed by atoms with van der Waals surface area (Å²) in [5, 5.41) is 10.1. The van der Waals surface area contributed by atoms with Crippen molar-refractivity contribution in [3.63, 3.8) is 0 Å². The molecule has 1 unspecified atom stereocenters. The largest absolute Gasteiger partial charge is 0.475 e. The van der Waals surface area contributed by atoms with Crippen molar-refractivity contribution < 1.29 is 36.3 Å². The third-order valence-electron chi connectivity index (χ3n) is 7.92. The predicted octanol–water partition coefficient (Wildman–Crippen LogP) is 6.12. The highest BCUT2D eigenvalue weighted by Crippen LogP contribution is 2.43. The second kappa shape index (κ2) is 12.6. The molecule has 5 rings (SSSR count). The van der Waals surface area contributed by atoms with E-state index in [0.717, 1.165) is 12.8 Å². The van der Waals surface area contributed by atoms with Crippen molar-refractivity contribution in [1.29, 1.82) is 0 Å². The Morgan fingerprint density at radius 3 is 2.41 bits per heavy atom. The molecule has 0 aromatic carbocycles. The van der Waals surface area contributed by atoms with Crippen LogP contribution in [0.1, 0.15) is 99.0 Å². The van der Waals surface area contributed by atoms with Gasteiger partial charge in [0.05, 0.1) is 42.7 Å². The van der Waals surface area contributed by atoms with Crippen LogP contribution in [0.15, 0.2) is 36.7 Å². The summed E-state index contributed by atoms with van der Waals surface area (Å²) in [5.41, 5.74) is 1.51. The zero-order valence-corrected chi connectivity index (χ0v) is 24.4. The molecule has 3 aromatic heterocycles. The number of carbonyl (C=O) groups is 2. The Balaban J connectivity index is 1.39. The second-order valence-electron chi connectivity index (χ2n) is 11.9. The first-order chi connectivity index (χ1) is 20.8. The highest BCUT2D eigenvalue weighted by Gasteiger charge is 2.40. The number of nitrogens with one attached hydrogen (secondary N) is 2. The van der Waals surface area contributed by atoms with Gasteiger partial charge < -0.3 is 15.4 Å². The molecule has 2 N–H and O–H groups in total. The zero-order valence-electron chi connectivity index (χ0n) is 24.4. The highest BCUT2D eigenvalue weighted by molar-refractivity contribution is 5.92. The third-order valence-corrected chi connectivity index (χ3v) is 7.92. The van der Waals surface area contributed by atoms with E-state index in [2.05, 4.69) is 20.7 Å². The van der Waals surface area contributed by atoms with Crippen molar-refractivity contribution in [2.75, 3.05) is 0 Å². The second-order valence-corrected chi connectivity index (χ2v) is 11.9. The average molecular weight is 623 g/mol. The Morgan fingerprint density at radius 1 is 1.05 bits per heavy atom. The lowest BCUT2D eigenvalue weighted by molar-refractivity contribution is -0.144. The number of alkyl halides is 5. The summed E-state index contributed by atoms with van der Waals surface area (Å²) in [5.74, 6) is -3.96. The van der Waals surface area contributed by atoms with Gasteiger partial charge in [0.15, 0.2) is 5.65 Å². The number of pyridine rings is 1. The fourth-order valence-electron chi connectivity index (χ4n) is 5.53. The van der Waals surface area contributed by atoms with Gasteiger partial charge in [-0.25, -0.2) is 23.3 Å². The third kappa shape index (κ3) is 8.20. The molecule has 2 saturated carbocycles. The fourth-order valence-corrected chi connectivity index (χ4v) is 5.53. The van der Waals surface area contributed by atoms with Crippen molar-refractivity contribution in [3.05, 3.63) is 53.6 Å². The molecule has 2 aliphatic carbocycles. The van der Waals surface area contributed by atoms with Crippen LogP contribution < -0.4 is 15.4 Å². The lowest BCUT2D eigenvalue weighted by atomic mass is 9.81. The van der Waals surface area contributed by atoms with E-state index in [-0.39, 0.29) is 55.2 Å². The van der Waals surface area contributed by atoms with Gasteiger partial charge in [-0.05, 0) is 69.1 Å². The number of aromatic nitrogens is 4. The smallest absolute Gasteiger partial charge is 0.389 e. The van der Waals surface area contributed by atoms with Crippen LogP contribution in [0.25, 0.3) is 5.65 Å². The molecule has 2 atom stereocenters. The van der Waals surface area contributed by atoms with Crippen molar-refractivity contribution in [2.45, 2.75) is 95.5 Å². The standard InChI is InChI=1S/C30H35F5N6O3/c1-17(2)44-25-5-3-4-21(38-25)28(43)40-27(19-8-11-29(31,32)12-9-19)22-16-41-23(37-22)14-20(15-36-41)26(18-6-7-18)39-24(42)10-13-30(33,34)35/h3-5,14-19,26-27H,6-13H2,1-2H3,(H,39,42)(H,40,43)/t26?,27-/m0/s1. The van der Waals surface area contributed by atoms with Gasteiger partial charge in [0.25, 0.3) is 5.91 Å². The first-order valence-electron chi connectivity index (χ1n) is 14.8. The maximum absolute atomic E-state index is 14.0. The number of halogens is 5. The van der Waals surface area contributed by atoms with Crippen LogP contribution >= 0.6 is 0 Å². The van der Waals surface area contributed by atoms with E-state index in [9.17, 15) is 31.5 Å². The van der Waals surface area contributed by atoms with Gasteiger partial charge in [-0.2, -0.15) is 18.3 Å². The Hall–Kier alpha value is -3.84. The lowest BCUT2D eigenvalue weighted by Crippen LogP contribution is -2.37. The van der Waals surface area contributed by atoms with Gasteiger partial charge in [-0.15, -0.1) is 0 Å². The SMILES string of the molecule is CC(C)Oc1cccc(C(=O)N[C@H](c2cn3ncc(C(NC(=O)CCC(F)(F)F)C4CC4)cc3n2)C2CCC(F)(F)CC2)n1. The Bertz CT molecular complexity index is 1480. The Labute approximate surface area is 251 Å². The molecule has 0 spiro atoms. The normalized spacial score (nSPS) is 18.6. The summed E-state index contributed by atoms with van der Waals surface area (Å²) in [6.45, 7) is 3.67. The van der Waals surface area contributed by atoms with Gasteiger partial charge in [0.1, 0.15) is 5.69 Å². The quantitative estimate of drug-likeness (QED) is 0.250. The van der Waals surface area contributed by atoms with E-state index >= 15 is 0 Å². The number of rotatable bonds is 11. The van der Waals surface area contributed by atoms with Crippen LogP contribution in [0.3, 0.4) is 0 Å². The fraction of sp³-hybridized carbons (Fsp3) is 0.567. The zero-order chi connectivity index (χ0) is 31.6. The van der Waals surface area contributed by atoms with Gasteiger partial charge in [-0.3, -0.25) is 9.59 Å². The molecule has 0 bridgehead atoms. The number of carbonyl (C=O) groups excluding carboxylic acids is 2. The number of nitrogens with zero attached hydrogens (tertiary/aromatic N) is 4. The molecule has 2 aliphatic rings. The minimum Gasteiger partial charge on any atom is -0.475 e. The number of fused-ring (bicyclic) bond motifs is 1. The first-order valence-corrected chi connectivity index (χ1v) is 14.8. The Kier molecular flexibility index (Phi) is 9.07.